The first-order chi connectivity index (χ1) is 11.4. The highest BCUT2D eigenvalue weighted by molar-refractivity contribution is 6.00. The molecule has 0 heteroatoms. The van der Waals surface area contributed by atoms with E-state index in [2.05, 4.69) is 67.9 Å². The molecule has 0 N–H and O–H groups in total. The van der Waals surface area contributed by atoms with Gasteiger partial charge in [-0.1, -0.05) is 87.9 Å². The molecule has 1 radical (unpaired) electrons. The largest absolute Gasteiger partial charge is 0.0654 e. The van der Waals surface area contributed by atoms with Crippen LogP contribution in [0.25, 0.3) is 21.5 Å². The van der Waals surface area contributed by atoms with Crippen molar-refractivity contribution in [1.29, 1.82) is 0 Å². The molecule has 0 unspecified atom stereocenters. The zero-order valence-corrected chi connectivity index (χ0v) is 14.2. The minimum atomic E-state index is 1.19. The van der Waals surface area contributed by atoms with E-state index in [1.807, 2.05) is 0 Å². The van der Waals surface area contributed by atoms with Crippen molar-refractivity contribution < 1.29 is 0 Å². The van der Waals surface area contributed by atoms with E-state index in [9.17, 15) is 0 Å². The van der Waals surface area contributed by atoms with Gasteiger partial charge in [0.05, 0.1) is 0 Å². The summed E-state index contributed by atoms with van der Waals surface area (Å²) in [7, 11) is 0. The van der Waals surface area contributed by atoms with E-state index in [1.54, 1.807) is 0 Å². The van der Waals surface area contributed by atoms with Crippen LogP contribution >= 0.6 is 0 Å². The summed E-state index contributed by atoms with van der Waals surface area (Å²) < 4.78 is 0. The zero-order chi connectivity index (χ0) is 15.9. The Hall–Kier alpha value is -1.82. The van der Waals surface area contributed by atoms with Crippen LogP contribution in [0.1, 0.15) is 57.4 Å². The molecule has 0 aliphatic heterocycles. The number of fused-ring (bicyclic) bond motifs is 2. The number of rotatable bonds is 8. The van der Waals surface area contributed by atoms with Gasteiger partial charge in [0.2, 0.25) is 0 Å². The summed E-state index contributed by atoms with van der Waals surface area (Å²) in [6.07, 6.45) is 11.8. The average Bonchev–Trinajstić information content (AvgIpc) is 2.59. The first kappa shape index (κ1) is 16.1. The second kappa shape index (κ2) is 8.15. The van der Waals surface area contributed by atoms with Crippen LogP contribution < -0.4 is 0 Å². The van der Waals surface area contributed by atoms with Crippen LogP contribution in [0, 0.1) is 6.42 Å². The molecule has 0 aliphatic carbocycles. The van der Waals surface area contributed by atoms with Crippen LogP contribution in [0.15, 0.2) is 54.6 Å². The van der Waals surface area contributed by atoms with E-state index >= 15 is 0 Å². The van der Waals surface area contributed by atoms with Crippen molar-refractivity contribution >= 4 is 21.5 Å². The van der Waals surface area contributed by atoms with Crippen molar-refractivity contribution in [1.82, 2.24) is 0 Å². The van der Waals surface area contributed by atoms with Gasteiger partial charge in [0.25, 0.3) is 0 Å². The van der Waals surface area contributed by atoms with Crippen molar-refractivity contribution in [3.8, 4) is 0 Å². The van der Waals surface area contributed by atoms with Gasteiger partial charge >= 0.3 is 0 Å². The van der Waals surface area contributed by atoms with Crippen molar-refractivity contribution in [3.05, 3.63) is 66.6 Å². The van der Waals surface area contributed by atoms with Gasteiger partial charge in [-0.25, -0.2) is 0 Å². The van der Waals surface area contributed by atoms with Crippen molar-refractivity contribution in [2.24, 2.45) is 0 Å². The van der Waals surface area contributed by atoms with Gasteiger partial charge in [-0.05, 0) is 52.1 Å². The lowest BCUT2D eigenvalue weighted by Gasteiger charge is -2.08. The molecule has 0 spiro atoms. The maximum Gasteiger partial charge on any atom is -0.00867 e. The molecule has 23 heavy (non-hydrogen) atoms. The molecule has 119 valence electrons. The summed E-state index contributed by atoms with van der Waals surface area (Å²) in [5.74, 6) is 0. The van der Waals surface area contributed by atoms with E-state index in [-0.39, 0.29) is 0 Å². The van der Waals surface area contributed by atoms with Gasteiger partial charge in [0, 0.05) is 0 Å². The Morgan fingerprint density at radius 2 is 1.39 bits per heavy atom. The zero-order valence-electron chi connectivity index (χ0n) is 14.2. The predicted octanol–water partition coefficient (Wildman–Crippen LogP) is 7.30. The first-order valence-electron chi connectivity index (χ1n) is 9.13. The number of unbranched alkanes of at least 4 members (excludes halogenated alkanes) is 6. The quantitative estimate of drug-likeness (QED) is 0.302. The number of benzene rings is 3. The standard InChI is InChI=1S/C23H27/c1-2-3-4-5-6-7-8-12-19-15-11-16-22-17-20-13-9-10-14-21(20)18-23(19)22/h9-18H,2-8H2,1H3. The van der Waals surface area contributed by atoms with Crippen LogP contribution in [0.2, 0.25) is 0 Å². The number of hydrogen-bond donors (Lipinski definition) is 0. The second-order valence-electron chi connectivity index (χ2n) is 6.53. The molecule has 0 amide bonds. The van der Waals surface area contributed by atoms with Gasteiger partial charge in [-0.3, -0.25) is 0 Å². The van der Waals surface area contributed by atoms with E-state index < -0.39 is 0 Å². The third kappa shape index (κ3) is 4.13. The summed E-state index contributed by atoms with van der Waals surface area (Å²) in [6.45, 7) is 2.28. The molecule has 0 atom stereocenters. The summed E-state index contributed by atoms with van der Waals surface area (Å²) in [5.41, 5.74) is 1.39. The van der Waals surface area contributed by atoms with Gasteiger partial charge in [0.15, 0.2) is 0 Å². The maximum absolute atomic E-state index is 2.43. The highest BCUT2D eigenvalue weighted by Gasteiger charge is 2.03. The second-order valence-corrected chi connectivity index (χ2v) is 6.53. The summed E-state index contributed by atoms with van der Waals surface area (Å²) >= 11 is 0. The Morgan fingerprint density at radius 3 is 2.22 bits per heavy atom. The Bertz CT molecular complexity index is 754. The van der Waals surface area contributed by atoms with E-state index in [0.717, 1.165) is 0 Å². The third-order valence-electron chi connectivity index (χ3n) is 4.70. The normalized spacial score (nSPS) is 11.3. The van der Waals surface area contributed by atoms with Gasteiger partial charge < -0.3 is 0 Å². The van der Waals surface area contributed by atoms with Crippen LogP contribution in [-0.4, -0.2) is 0 Å². The van der Waals surface area contributed by atoms with Crippen molar-refractivity contribution in [3.63, 3.8) is 0 Å². The molecule has 0 aromatic heterocycles. The molecule has 3 aromatic carbocycles. The lowest BCUT2D eigenvalue weighted by atomic mass is 9.96. The fourth-order valence-electron chi connectivity index (χ4n) is 3.35. The van der Waals surface area contributed by atoms with Crippen molar-refractivity contribution in [2.75, 3.05) is 0 Å². The predicted molar refractivity (Wildman–Crippen MR) is 103 cm³/mol. The van der Waals surface area contributed by atoms with Crippen molar-refractivity contribution in [2.45, 2.75) is 51.9 Å². The molecule has 3 rings (SSSR count). The van der Waals surface area contributed by atoms with E-state index in [4.69, 9.17) is 0 Å². The first-order valence-corrected chi connectivity index (χ1v) is 9.13. The van der Waals surface area contributed by atoms with Crippen LogP contribution in [0.5, 0.6) is 0 Å². The molecule has 0 saturated carbocycles. The minimum absolute atomic E-state index is 1.19. The topological polar surface area (TPSA) is 0 Å². The SMILES string of the molecule is CCCCCCCC[CH]c1cccc2cc3ccccc3cc12. The molecule has 0 bridgehead atoms. The highest BCUT2D eigenvalue weighted by Crippen LogP contribution is 2.27. The smallest absolute Gasteiger partial charge is 0.00867 e. The van der Waals surface area contributed by atoms with Gasteiger partial charge in [-0.15, -0.1) is 0 Å². The fraction of sp³-hybridized carbons (Fsp3) is 0.348. The summed E-state index contributed by atoms with van der Waals surface area (Å²) in [5, 5.41) is 5.39. The van der Waals surface area contributed by atoms with Crippen LogP contribution in [0.4, 0.5) is 0 Å². The summed E-state index contributed by atoms with van der Waals surface area (Å²) in [4.78, 5) is 0. The average molecular weight is 303 g/mol. The Labute approximate surface area is 140 Å². The van der Waals surface area contributed by atoms with E-state index in [0.29, 0.717) is 0 Å². The Morgan fingerprint density at radius 1 is 0.696 bits per heavy atom. The molecule has 3 aromatic rings. The monoisotopic (exact) mass is 303 g/mol. The third-order valence-corrected chi connectivity index (χ3v) is 4.70. The lowest BCUT2D eigenvalue weighted by molar-refractivity contribution is 0.607. The lowest BCUT2D eigenvalue weighted by Crippen LogP contribution is -1.87. The van der Waals surface area contributed by atoms with Gasteiger partial charge in [0.1, 0.15) is 0 Å². The minimum Gasteiger partial charge on any atom is -0.0654 e. The molecule has 0 fully saturated rings. The molecular formula is C23H27. The fourth-order valence-corrected chi connectivity index (χ4v) is 3.35. The Balaban J connectivity index is 1.67. The molecule has 0 nitrogen and oxygen atoms in total. The molecular weight excluding hydrogens is 276 g/mol. The highest BCUT2D eigenvalue weighted by atomic mass is 14.1. The molecule has 0 aliphatic rings. The van der Waals surface area contributed by atoms with Crippen LogP contribution in [-0.2, 0) is 0 Å². The maximum atomic E-state index is 2.43. The number of hydrogen-bond acceptors (Lipinski definition) is 0. The van der Waals surface area contributed by atoms with Gasteiger partial charge in [-0.2, -0.15) is 0 Å². The van der Waals surface area contributed by atoms with E-state index in [1.165, 1.54) is 72.1 Å². The Kier molecular flexibility index (Phi) is 5.69. The summed E-state index contributed by atoms with van der Waals surface area (Å²) in [6, 6.07) is 20.0. The molecule has 0 saturated heterocycles. The molecule has 0 heterocycles. The van der Waals surface area contributed by atoms with Crippen LogP contribution in [0.3, 0.4) is 0 Å².